The maximum absolute atomic E-state index is 12.8. The van der Waals surface area contributed by atoms with Gasteiger partial charge in [0.15, 0.2) is 0 Å². The molecule has 1 N–H and O–H groups in total. The molecule has 1 fully saturated rings. The van der Waals surface area contributed by atoms with Gasteiger partial charge in [0.05, 0.1) is 23.6 Å². The van der Waals surface area contributed by atoms with Crippen LogP contribution in [0.25, 0.3) is 0 Å². The summed E-state index contributed by atoms with van der Waals surface area (Å²) in [4.78, 5) is 18.9. The number of hydrogen-bond acceptors (Lipinski definition) is 4. The molecule has 0 aliphatic carbocycles. The van der Waals surface area contributed by atoms with E-state index in [2.05, 4.69) is 17.0 Å². The van der Waals surface area contributed by atoms with Crippen molar-refractivity contribution in [3.8, 4) is 0 Å². The smallest absolute Gasteiger partial charge is 0.257 e. The minimum atomic E-state index is -0.563. The minimum Gasteiger partial charge on any atom is -0.387 e. The Balaban J connectivity index is 1.61. The Labute approximate surface area is 148 Å². The van der Waals surface area contributed by atoms with Gasteiger partial charge in [0.25, 0.3) is 5.91 Å². The van der Waals surface area contributed by atoms with E-state index in [1.165, 1.54) is 0 Å². The number of nitrogens with zero attached hydrogens (tertiary/aromatic N) is 4. The molecular weight excluding hydrogens is 316 g/mol. The number of piperidine rings is 1. The van der Waals surface area contributed by atoms with Gasteiger partial charge in [0.1, 0.15) is 0 Å². The van der Waals surface area contributed by atoms with E-state index in [0.29, 0.717) is 24.3 Å². The third-order valence-corrected chi connectivity index (χ3v) is 5.03. The third-order valence-electron chi connectivity index (χ3n) is 5.03. The maximum atomic E-state index is 12.8. The van der Waals surface area contributed by atoms with Gasteiger partial charge >= 0.3 is 0 Å². The first kappa shape index (κ1) is 17.6. The van der Waals surface area contributed by atoms with Crippen molar-refractivity contribution < 1.29 is 9.90 Å². The van der Waals surface area contributed by atoms with Gasteiger partial charge in [-0.05, 0) is 44.2 Å². The number of amides is 1. The molecule has 1 saturated heterocycles. The lowest BCUT2D eigenvalue weighted by atomic mass is 9.89. The number of hydrogen-bond donors (Lipinski definition) is 1. The topological polar surface area (TPSA) is 71.2 Å². The van der Waals surface area contributed by atoms with Crippen LogP contribution in [-0.4, -0.2) is 43.8 Å². The molecule has 1 amide bonds. The summed E-state index contributed by atoms with van der Waals surface area (Å²) in [6.45, 7) is 6.20. The highest BCUT2D eigenvalue weighted by molar-refractivity contribution is 5.95. The van der Waals surface area contributed by atoms with Crippen LogP contribution in [0.15, 0.2) is 30.6 Å². The number of rotatable bonds is 5. The molecule has 0 bridgehead atoms. The van der Waals surface area contributed by atoms with Gasteiger partial charge in [-0.1, -0.05) is 13.0 Å². The monoisotopic (exact) mass is 342 g/mol. The molecule has 1 aliphatic rings. The number of pyridine rings is 1. The van der Waals surface area contributed by atoms with Crippen molar-refractivity contribution in [3.05, 3.63) is 47.5 Å². The fraction of sp³-hybridized carbons (Fsp3) is 0.526. The van der Waals surface area contributed by atoms with E-state index in [1.54, 1.807) is 12.4 Å². The van der Waals surface area contributed by atoms with Crippen LogP contribution < -0.4 is 0 Å². The molecule has 2 aromatic rings. The van der Waals surface area contributed by atoms with Crippen molar-refractivity contribution in [1.82, 2.24) is 19.7 Å². The number of carbonyl (C=O) groups is 1. The fourth-order valence-corrected chi connectivity index (χ4v) is 3.47. The fourth-order valence-electron chi connectivity index (χ4n) is 3.47. The van der Waals surface area contributed by atoms with Crippen LogP contribution in [0.2, 0.25) is 0 Å². The summed E-state index contributed by atoms with van der Waals surface area (Å²) in [6.07, 6.45) is 5.38. The zero-order valence-electron chi connectivity index (χ0n) is 14.9. The van der Waals surface area contributed by atoms with Crippen molar-refractivity contribution in [2.24, 2.45) is 5.92 Å². The normalized spacial score (nSPS) is 16.8. The van der Waals surface area contributed by atoms with Crippen LogP contribution in [0.5, 0.6) is 0 Å². The summed E-state index contributed by atoms with van der Waals surface area (Å²) in [7, 11) is 0. The average Bonchev–Trinajstić information content (AvgIpc) is 3.02. The summed E-state index contributed by atoms with van der Waals surface area (Å²) in [5.41, 5.74) is 2.34. The molecule has 0 spiro atoms. The minimum absolute atomic E-state index is 0.0469. The Morgan fingerprint density at radius 3 is 2.76 bits per heavy atom. The van der Waals surface area contributed by atoms with Gasteiger partial charge in [-0.2, -0.15) is 5.10 Å². The quantitative estimate of drug-likeness (QED) is 0.906. The lowest BCUT2D eigenvalue weighted by Crippen LogP contribution is -2.40. The number of likely N-dealkylation sites (tertiary alicyclic amines) is 1. The second kappa shape index (κ2) is 7.78. The van der Waals surface area contributed by atoms with E-state index in [0.717, 1.165) is 31.5 Å². The first-order chi connectivity index (χ1) is 12.1. The van der Waals surface area contributed by atoms with Crippen LogP contribution in [0.4, 0.5) is 0 Å². The molecule has 6 nitrogen and oxygen atoms in total. The van der Waals surface area contributed by atoms with Gasteiger partial charge in [-0.25, -0.2) is 0 Å². The van der Waals surface area contributed by atoms with Gasteiger partial charge in [-0.15, -0.1) is 0 Å². The number of aromatic nitrogens is 3. The molecule has 3 rings (SSSR count). The molecule has 1 atom stereocenters. The standard InChI is InChI=1S/C19H26N4O2/c1-3-10-23-14(2)16(13-21-23)19(25)22-11-7-15(8-12-22)18(24)17-6-4-5-9-20-17/h4-6,9,13,15,18,24H,3,7-8,10-12H2,1-2H3/t18-/m1/s1. The predicted molar refractivity (Wildman–Crippen MR) is 95.1 cm³/mol. The molecule has 2 aromatic heterocycles. The largest absolute Gasteiger partial charge is 0.387 e. The van der Waals surface area contributed by atoms with Gasteiger partial charge in [0, 0.05) is 31.5 Å². The zero-order valence-corrected chi connectivity index (χ0v) is 14.9. The Hall–Kier alpha value is -2.21. The molecule has 6 heteroatoms. The lowest BCUT2D eigenvalue weighted by Gasteiger charge is -2.34. The Morgan fingerprint density at radius 2 is 2.12 bits per heavy atom. The van der Waals surface area contributed by atoms with E-state index >= 15 is 0 Å². The van der Waals surface area contributed by atoms with Gasteiger partial charge < -0.3 is 10.0 Å². The van der Waals surface area contributed by atoms with E-state index in [9.17, 15) is 9.90 Å². The van der Waals surface area contributed by atoms with Crippen LogP contribution in [0, 0.1) is 12.8 Å². The van der Waals surface area contributed by atoms with E-state index in [4.69, 9.17) is 0 Å². The van der Waals surface area contributed by atoms with E-state index in [-0.39, 0.29) is 11.8 Å². The molecule has 25 heavy (non-hydrogen) atoms. The summed E-state index contributed by atoms with van der Waals surface area (Å²) < 4.78 is 1.89. The second-order valence-corrected chi connectivity index (χ2v) is 6.70. The van der Waals surface area contributed by atoms with Crippen molar-refractivity contribution >= 4 is 5.91 Å². The number of aliphatic hydroxyl groups excluding tert-OH is 1. The van der Waals surface area contributed by atoms with Crippen molar-refractivity contribution in [2.75, 3.05) is 13.1 Å². The second-order valence-electron chi connectivity index (χ2n) is 6.70. The average molecular weight is 342 g/mol. The third kappa shape index (κ3) is 3.74. The van der Waals surface area contributed by atoms with Crippen LogP contribution in [0.1, 0.15) is 54.0 Å². The Kier molecular flexibility index (Phi) is 5.48. The molecule has 0 aromatic carbocycles. The first-order valence-corrected chi connectivity index (χ1v) is 9.02. The van der Waals surface area contributed by atoms with Crippen molar-refractivity contribution in [2.45, 2.75) is 45.8 Å². The number of aliphatic hydroxyl groups is 1. The molecule has 1 aliphatic heterocycles. The summed E-state index contributed by atoms with van der Waals surface area (Å²) >= 11 is 0. The molecule has 0 saturated carbocycles. The van der Waals surface area contributed by atoms with E-state index in [1.807, 2.05) is 34.7 Å². The van der Waals surface area contributed by atoms with Gasteiger partial charge in [-0.3, -0.25) is 14.5 Å². The van der Waals surface area contributed by atoms with Crippen LogP contribution in [-0.2, 0) is 6.54 Å². The molecule has 3 heterocycles. The summed E-state index contributed by atoms with van der Waals surface area (Å²) in [6, 6.07) is 5.59. The molecule has 134 valence electrons. The lowest BCUT2D eigenvalue weighted by molar-refractivity contribution is 0.0447. The van der Waals surface area contributed by atoms with Crippen molar-refractivity contribution in [1.29, 1.82) is 0 Å². The highest BCUT2D eigenvalue weighted by Crippen LogP contribution is 2.30. The highest BCUT2D eigenvalue weighted by Gasteiger charge is 2.30. The zero-order chi connectivity index (χ0) is 17.8. The number of aryl methyl sites for hydroxylation is 1. The molecule has 0 radical (unpaired) electrons. The van der Waals surface area contributed by atoms with Crippen LogP contribution >= 0.6 is 0 Å². The van der Waals surface area contributed by atoms with Crippen LogP contribution in [0.3, 0.4) is 0 Å². The highest BCUT2D eigenvalue weighted by atomic mass is 16.3. The Bertz CT molecular complexity index is 705. The summed E-state index contributed by atoms with van der Waals surface area (Å²) in [5, 5.41) is 14.8. The molecule has 0 unspecified atom stereocenters. The summed E-state index contributed by atoms with van der Waals surface area (Å²) in [5.74, 6) is 0.188. The SMILES string of the molecule is CCCn1ncc(C(=O)N2CCC([C@@H](O)c3ccccn3)CC2)c1C. The van der Waals surface area contributed by atoms with E-state index < -0.39 is 6.10 Å². The predicted octanol–water partition coefficient (Wildman–Crippen LogP) is 2.58. The van der Waals surface area contributed by atoms with Crippen molar-refractivity contribution in [3.63, 3.8) is 0 Å². The van der Waals surface area contributed by atoms with Gasteiger partial charge in [0.2, 0.25) is 0 Å². The maximum Gasteiger partial charge on any atom is 0.257 e. The number of carbonyl (C=O) groups excluding carboxylic acids is 1. The Morgan fingerprint density at radius 1 is 1.36 bits per heavy atom. The molecular formula is C19H26N4O2. The first-order valence-electron chi connectivity index (χ1n) is 9.02.